The van der Waals surface area contributed by atoms with E-state index in [1.165, 1.54) is 23.9 Å². The number of thioether (sulfide) groups is 1. The van der Waals surface area contributed by atoms with E-state index >= 15 is 0 Å². The molecule has 1 aliphatic rings. The number of carbonyl (C=O) groups is 1. The van der Waals surface area contributed by atoms with E-state index in [0.29, 0.717) is 30.5 Å². The zero-order valence-electron chi connectivity index (χ0n) is 15.2. The highest BCUT2D eigenvalue weighted by molar-refractivity contribution is 7.99. The Morgan fingerprint density at radius 2 is 2.04 bits per heavy atom. The number of nitrogens with one attached hydrogen (secondary N) is 1. The molecule has 1 fully saturated rings. The van der Waals surface area contributed by atoms with E-state index < -0.39 is 5.60 Å². The largest absolute Gasteiger partial charge is 0.416 e. The molecule has 9 heteroatoms. The van der Waals surface area contributed by atoms with E-state index in [-0.39, 0.29) is 17.5 Å². The standard InChI is InChI=1S/C18H23FN4O3S/c1-13-21-22-17(26-13)27-12-16(24)20-8-11-23-9-6-18(25,7-10-23)14-2-4-15(19)5-3-14/h2-5,25H,6-12H2,1H3,(H,20,24). The summed E-state index contributed by atoms with van der Waals surface area (Å²) in [6, 6.07) is 6.05. The van der Waals surface area contributed by atoms with Crippen molar-refractivity contribution in [2.75, 3.05) is 31.9 Å². The zero-order chi connectivity index (χ0) is 19.3. The third-order valence-corrected chi connectivity index (χ3v) is 5.47. The van der Waals surface area contributed by atoms with Gasteiger partial charge in [-0.2, -0.15) is 0 Å². The van der Waals surface area contributed by atoms with Crippen molar-refractivity contribution in [2.24, 2.45) is 0 Å². The molecule has 0 bridgehead atoms. The van der Waals surface area contributed by atoms with E-state index in [2.05, 4.69) is 20.4 Å². The predicted molar refractivity (Wildman–Crippen MR) is 98.7 cm³/mol. The molecule has 0 radical (unpaired) electrons. The molecule has 2 heterocycles. The number of rotatable bonds is 7. The van der Waals surface area contributed by atoms with Crippen LogP contribution in [0.1, 0.15) is 24.3 Å². The molecule has 0 aliphatic carbocycles. The first kappa shape index (κ1) is 19.8. The number of piperidine rings is 1. The minimum Gasteiger partial charge on any atom is -0.416 e. The molecule has 2 aromatic rings. The Bertz CT molecular complexity index is 760. The molecular formula is C18H23FN4O3S. The molecule has 1 aromatic carbocycles. The molecule has 146 valence electrons. The maximum atomic E-state index is 13.1. The Labute approximate surface area is 161 Å². The van der Waals surface area contributed by atoms with Gasteiger partial charge in [-0.1, -0.05) is 23.9 Å². The summed E-state index contributed by atoms with van der Waals surface area (Å²) in [5, 5.41) is 21.6. The third kappa shape index (κ3) is 5.50. The smallest absolute Gasteiger partial charge is 0.277 e. The van der Waals surface area contributed by atoms with Crippen LogP contribution in [0.2, 0.25) is 0 Å². The summed E-state index contributed by atoms with van der Waals surface area (Å²) < 4.78 is 18.3. The molecule has 2 N–H and O–H groups in total. The van der Waals surface area contributed by atoms with Crippen LogP contribution in [0.4, 0.5) is 4.39 Å². The maximum Gasteiger partial charge on any atom is 0.277 e. The highest BCUT2D eigenvalue weighted by Crippen LogP contribution is 2.32. The molecule has 1 saturated heterocycles. The summed E-state index contributed by atoms with van der Waals surface area (Å²) in [5.74, 6) is 0.313. The summed E-state index contributed by atoms with van der Waals surface area (Å²) >= 11 is 1.21. The molecule has 1 aromatic heterocycles. The van der Waals surface area contributed by atoms with Crippen LogP contribution < -0.4 is 5.32 Å². The van der Waals surface area contributed by atoms with Crippen LogP contribution >= 0.6 is 11.8 Å². The lowest BCUT2D eigenvalue weighted by Crippen LogP contribution is -2.45. The van der Waals surface area contributed by atoms with Gasteiger partial charge in [0.05, 0.1) is 11.4 Å². The number of aliphatic hydroxyl groups is 1. The predicted octanol–water partition coefficient (Wildman–Crippen LogP) is 1.71. The van der Waals surface area contributed by atoms with Crippen molar-refractivity contribution in [1.82, 2.24) is 20.4 Å². The van der Waals surface area contributed by atoms with Crippen molar-refractivity contribution in [2.45, 2.75) is 30.6 Å². The van der Waals surface area contributed by atoms with E-state index in [4.69, 9.17) is 4.42 Å². The summed E-state index contributed by atoms with van der Waals surface area (Å²) in [6.07, 6.45) is 1.16. The number of amides is 1. The Balaban J connectivity index is 1.35. The number of aryl methyl sites for hydroxylation is 1. The monoisotopic (exact) mass is 394 g/mol. The summed E-state index contributed by atoms with van der Waals surface area (Å²) in [6.45, 7) is 4.40. The Morgan fingerprint density at radius 3 is 2.67 bits per heavy atom. The lowest BCUT2D eigenvalue weighted by Gasteiger charge is -2.38. The Kier molecular flexibility index (Phi) is 6.46. The van der Waals surface area contributed by atoms with Gasteiger partial charge in [0.25, 0.3) is 5.22 Å². The van der Waals surface area contributed by atoms with Gasteiger partial charge in [-0.25, -0.2) is 4.39 Å². The molecule has 27 heavy (non-hydrogen) atoms. The molecule has 7 nitrogen and oxygen atoms in total. The summed E-state index contributed by atoms with van der Waals surface area (Å²) in [4.78, 5) is 14.1. The fraction of sp³-hybridized carbons (Fsp3) is 0.500. The van der Waals surface area contributed by atoms with Gasteiger partial charge in [-0.05, 0) is 30.5 Å². The molecule has 0 unspecified atom stereocenters. The number of carbonyl (C=O) groups excluding carboxylic acids is 1. The minimum atomic E-state index is -0.910. The zero-order valence-corrected chi connectivity index (χ0v) is 16.0. The first-order valence-electron chi connectivity index (χ1n) is 8.85. The molecule has 1 amide bonds. The average Bonchev–Trinajstić information content (AvgIpc) is 3.07. The molecule has 3 rings (SSSR count). The number of benzene rings is 1. The van der Waals surface area contributed by atoms with Crippen LogP contribution in [0, 0.1) is 12.7 Å². The van der Waals surface area contributed by atoms with Gasteiger partial charge in [0.15, 0.2) is 0 Å². The lowest BCUT2D eigenvalue weighted by molar-refractivity contribution is -0.118. The van der Waals surface area contributed by atoms with E-state index in [0.717, 1.165) is 25.2 Å². The van der Waals surface area contributed by atoms with Crippen molar-refractivity contribution in [3.05, 3.63) is 41.5 Å². The first-order chi connectivity index (χ1) is 12.9. The number of hydrogen-bond acceptors (Lipinski definition) is 7. The van der Waals surface area contributed by atoms with Crippen molar-refractivity contribution < 1.29 is 18.7 Å². The molecule has 1 aliphatic heterocycles. The van der Waals surface area contributed by atoms with Gasteiger partial charge in [0, 0.05) is 33.1 Å². The van der Waals surface area contributed by atoms with Crippen LogP contribution in [0.3, 0.4) is 0 Å². The molecular weight excluding hydrogens is 371 g/mol. The second-order valence-electron chi connectivity index (χ2n) is 6.61. The first-order valence-corrected chi connectivity index (χ1v) is 9.83. The molecule has 0 saturated carbocycles. The highest BCUT2D eigenvalue weighted by Gasteiger charge is 2.33. The van der Waals surface area contributed by atoms with Gasteiger partial charge in [0.2, 0.25) is 11.8 Å². The van der Waals surface area contributed by atoms with Crippen molar-refractivity contribution >= 4 is 17.7 Å². The Morgan fingerprint density at radius 1 is 1.33 bits per heavy atom. The van der Waals surface area contributed by atoms with Crippen LogP contribution in [0.5, 0.6) is 0 Å². The average molecular weight is 394 g/mol. The minimum absolute atomic E-state index is 0.0873. The second-order valence-corrected chi connectivity index (χ2v) is 7.53. The molecule has 0 atom stereocenters. The van der Waals surface area contributed by atoms with Crippen molar-refractivity contribution in [1.29, 1.82) is 0 Å². The van der Waals surface area contributed by atoms with Gasteiger partial charge in [0.1, 0.15) is 5.82 Å². The van der Waals surface area contributed by atoms with Crippen molar-refractivity contribution in [3.63, 3.8) is 0 Å². The Hall–Kier alpha value is -1.97. The number of nitrogens with zero attached hydrogens (tertiary/aromatic N) is 3. The van der Waals surface area contributed by atoms with Gasteiger partial charge < -0.3 is 19.7 Å². The van der Waals surface area contributed by atoms with Crippen LogP contribution in [0.25, 0.3) is 0 Å². The summed E-state index contributed by atoms with van der Waals surface area (Å²) in [5.41, 5.74) is -0.156. The quantitative estimate of drug-likeness (QED) is 0.691. The molecule has 0 spiro atoms. The number of aromatic nitrogens is 2. The van der Waals surface area contributed by atoms with Crippen LogP contribution in [0.15, 0.2) is 33.9 Å². The van der Waals surface area contributed by atoms with Crippen molar-refractivity contribution in [3.8, 4) is 0 Å². The second kappa shape index (κ2) is 8.81. The number of likely N-dealkylation sites (tertiary alicyclic amines) is 1. The fourth-order valence-corrected chi connectivity index (χ4v) is 3.70. The van der Waals surface area contributed by atoms with Gasteiger partial charge in [-0.15, -0.1) is 10.2 Å². The van der Waals surface area contributed by atoms with Gasteiger partial charge in [-0.3, -0.25) is 4.79 Å². The SMILES string of the molecule is Cc1nnc(SCC(=O)NCCN2CCC(O)(c3ccc(F)cc3)CC2)o1. The van der Waals surface area contributed by atoms with E-state index in [9.17, 15) is 14.3 Å². The number of halogens is 1. The fourth-order valence-electron chi connectivity index (χ4n) is 3.06. The highest BCUT2D eigenvalue weighted by atomic mass is 32.2. The third-order valence-electron chi connectivity index (χ3n) is 4.65. The maximum absolute atomic E-state index is 13.1. The summed E-state index contributed by atoms with van der Waals surface area (Å²) in [7, 11) is 0. The van der Waals surface area contributed by atoms with Crippen LogP contribution in [-0.2, 0) is 10.4 Å². The van der Waals surface area contributed by atoms with Gasteiger partial charge >= 0.3 is 0 Å². The number of hydrogen-bond donors (Lipinski definition) is 2. The van der Waals surface area contributed by atoms with Crippen LogP contribution in [-0.4, -0.2) is 58.0 Å². The lowest BCUT2D eigenvalue weighted by atomic mass is 9.84. The normalized spacial score (nSPS) is 17.0. The topological polar surface area (TPSA) is 91.5 Å². The van der Waals surface area contributed by atoms with E-state index in [1.54, 1.807) is 19.1 Å². The van der Waals surface area contributed by atoms with E-state index in [1.807, 2.05) is 0 Å².